The average Bonchev–Trinajstić information content (AvgIpc) is 2.65. The van der Waals surface area contributed by atoms with Crippen LogP contribution in [0.1, 0.15) is 59.6 Å². The van der Waals surface area contributed by atoms with E-state index in [0.29, 0.717) is 6.04 Å². The number of fused-ring (bicyclic) bond motifs is 1. The first kappa shape index (κ1) is 13.1. The second-order valence-electron chi connectivity index (χ2n) is 5.04. The second kappa shape index (κ2) is 4.89. The van der Waals surface area contributed by atoms with Crippen LogP contribution in [0.4, 0.5) is 0 Å². The number of rotatable bonds is 0. The standard InChI is InChI=1S/C11H18N2O.C2H6/c1-8-5-6-14-10-9(11(2,3)4)7-12-13(8)10;1-2/h7-8H,5-6H2,1-4H3;1-2H3. The first-order valence-corrected chi connectivity index (χ1v) is 6.21. The Balaban J connectivity index is 0.000000606. The van der Waals surface area contributed by atoms with E-state index >= 15 is 0 Å². The van der Waals surface area contributed by atoms with E-state index in [1.165, 1.54) is 5.56 Å². The smallest absolute Gasteiger partial charge is 0.215 e. The molecule has 1 aromatic heterocycles. The molecule has 1 aliphatic rings. The van der Waals surface area contributed by atoms with Crippen LogP contribution in [0.2, 0.25) is 0 Å². The number of nitrogens with zero attached hydrogens (tertiary/aromatic N) is 2. The number of aromatic nitrogens is 2. The molecule has 1 unspecified atom stereocenters. The molecule has 2 rings (SSSR count). The maximum absolute atomic E-state index is 5.69. The highest BCUT2D eigenvalue weighted by atomic mass is 16.5. The van der Waals surface area contributed by atoms with Gasteiger partial charge in [-0.25, -0.2) is 4.68 Å². The fourth-order valence-corrected chi connectivity index (χ4v) is 1.77. The fraction of sp³-hybridized carbons (Fsp3) is 0.769. The van der Waals surface area contributed by atoms with E-state index in [1.807, 2.05) is 24.7 Å². The highest BCUT2D eigenvalue weighted by molar-refractivity contribution is 5.32. The maximum atomic E-state index is 5.69. The van der Waals surface area contributed by atoms with Crippen LogP contribution in [0.5, 0.6) is 5.88 Å². The zero-order valence-corrected chi connectivity index (χ0v) is 11.4. The Kier molecular flexibility index (Phi) is 4.00. The van der Waals surface area contributed by atoms with Gasteiger partial charge in [-0.2, -0.15) is 5.10 Å². The molecule has 0 spiro atoms. The quantitative estimate of drug-likeness (QED) is 0.674. The Labute approximate surface area is 98.8 Å². The third-order valence-electron chi connectivity index (χ3n) is 2.75. The van der Waals surface area contributed by atoms with Crippen molar-refractivity contribution in [2.75, 3.05) is 6.61 Å². The lowest BCUT2D eigenvalue weighted by Crippen LogP contribution is -2.21. The molecule has 0 radical (unpaired) electrons. The van der Waals surface area contributed by atoms with Gasteiger partial charge in [0.25, 0.3) is 0 Å². The third kappa shape index (κ3) is 2.39. The molecule has 1 aliphatic heterocycles. The van der Waals surface area contributed by atoms with Gasteiger partial charge in [-0.1, -0.05) is 34.6 Å². The monoisotopic (exact) mass is 224 g/mol. The molecule has 0 amide bonds. The fourth-order valence-electron chi connectivity index (χ4n) is 1.77. The molecule has 0 bridgehead atoms. The Morgan fingerprint density at radius 2 is 2.00 bits per heavy atom. The molecule has 0 aliphatic carbocycles. The zero-order valence-electron chi connectivity index (χ0n) is 11.4. The summed E-state index contributed by atoms with van der Waals surface area (Å²) >= 11 is 0. The van der Waals surface area contributed by atoms with Crippen molar-refractivity contribution < 1.29 is 4.74 Å². The summed E-state index contributed by atoms with van der Waals surface area (Å²) in [5.74, 6) is 0.969. The Morgan fingerprint density at radius 3 is 2.56 bits per heavy atom. The van der Waals surface area contributed by atoms with E-state index in [0.717, 1.165) is 18.9 Å². The van der Waals surface area contributed by atoms with Crippen LogP contribution in [0.15, 0.2) is 6.20 Å². The summed E-state index contributed by atoms with van der Waals surface area (Å²) in [6.45, 7) is 13.6. The zero-order chi connectivity index (χ0) is 12.3. The Bertz CT molecular complexity index is 336. The van der Waals surface area contributed by atoms with Crippen LogP contribution in [-0.4, -0.2) is 16.4 Å². The van der Waals surface area contributed by atoms with Crippen LogP contribution >= 0.6 is 0 Å². The van der Waals surface area contributed by atoms with E-state index in [9.17, 15) is 0 Å². The first-order chi connectivity index (χ1) is 7.50. The molecule has 0 saturated heterocycles. The van der Waals surface area contributed by atoms with Gasteiger partial charge in [-0.15, -0.1) is 0 Å². The van der Waals surface area contributed by atoms with E-state index in [1.54, 1.807) is 0 Å². The molecule has 3 nitrogen and oxygen atoms in total. The maximum Gasteiger partial charge on any atom is 0.215 e. The molecule has 1 atom stereocenters. The minimum Gasteiger partial charge on any atom is -0.478 e. The molecular weight excluding hydrogens is 200 g/mol. The molecule has 92 valence electrons. The summed E-state index contributed by atoms with van der Waals surface area (Å²) in [7, 11) is 0. The number of hydrogen-bond donors (Lipinski definition) is 0. The van der Waals surface area contributed by atoms with Crippen LogP contribution in [0.3, 0.4) is 0 Å². The molecule has 0 aromatic carbocycles. The summed E-state index contributed by atoms with van der Waals surface area (Å²) in [6.07, 6.45) is 3.00. The molecule has 1 aromatic rings. The summed E-state index contributed by atoms with van der Waals surface area (Å²) < 4.78 is 7.70. The minimum atomic E-state index is 0.116. The van der Waals surface area contributed by atoms with Crippen molar-refractivity contribution in [2.45, 2.75) is 59.4 Å². The second-order valence-corrected chi connectivity index (χ2v) is 5.04. The van der Waals surface area contributed by atoms with E-state index in [-0.39, 0.29) is 5.41 Å². The molecule has 16 heavy (non-hydrogen) atoms. The summed E-state index contributed by atoms with van der Waals surface area (Å²) in [5.41, 5.74) is 1.33. The SMILES string of the molecule is CC.CC1CCOc2c(C(C)(C)C)cnn21. The predicted molar refractivity (Wildman–Crippen MR) is 67.1 cm³/mol. The molecule has 0 saturated carbocycles. The van der Waals surface area contributed by atoms with Gasteiger partial charge in [0.2, 0.25) is 5.88 Å². The Morgan fingerprint density at radius 1 is 1.38 bits per heavy atom. The van der Waals surface area contributed by atoms with Gasteiger partial charge in [-0.05, 0) is 12.3 Å². The molecule has 0 fully saturated rings. The molecule has 0 N–H and O–H groups in total. The van der Waals surface area contributed by atoms with Crippen LogP contribution in [0.25, 0.3) is 0 Å². The number of hydrogen-bond acceptors (Lipinski definition) is 2. The van der Waals surface area contributed by atoms with Crippen LogP contribution < -0.4 is 4.74 Å². The van der Waals surface area contributed by atoms with Crippen molar-refractivity contribution in [3.8, 4) is 5.88 Å². The van der Waals surface area contributed by atoms with Crippen molar-refractivity contribution in [1.82, 2.24) is 9.78 Å². The van der Waals surface area contributed by atoms with E-state index in [4.69, 9.17) is 4.74 Å². The van der Waals surface area contributed by atoms with Crippen molar-refractivity contribution >= 4 is 0 Å². The van der Waals surface area contributed by atoms with Crippen molar-refractivity contribution in [3.63, 3.8) is 0 Å². The average molecular weight is 224 g/mol. The summed E-state index contributed by atoms with van der Waals surface area (Å²) in [4.78, 5) is 0. The highest BCUT2D eigenvalue weighted by Gasteiger charge is 2.27. The topological polar surface area (TPSA) is 27.1 Å². The minimum absolute atomic E-state index is 0.116. The van der Waals surface area contributed by atoms with Crippen molar-refractivity contribution in [1.29, 1.82) is 0 Å². The van der Waals surface area contributed by atoms with Gasteiger partial charge >= 0.3 is 0 Å². The van der Waals surface area contributed by atoms with E-state index in [2.05, 4.69) is 32.8 Å². The van der Waals surface area contributed by atoms with Gasteiger partial charge in [0, 0.05) is 12.0 Å². The first-order valence-electron chi connectivity index (χ1n) is 6.21. The normalized spacial score (nSPS) is 19.2. The number of ether oxygens (including phenoxy) is 1. The predicted octanol–water partition coefficient (Wildman–Crippen LogP) is 3.55. The summed E-state index contributed by atoms with van der Waals surface area (Å²) in [5, 5.41) is 4.40. The van der Waals surface area contributed by atoms with E-state index < -0.39 is 0 Å². The Hall–Kier alpha value is -0.990. The van der Waals surface area contributed by atoms with Gasteiger partial charge in [0.05, 0.1) is 18.8 Å². The lowest BCUT2D eigenvalue weighted by Gasteiger charge is -2.25. The summed E-state index contributed by atoms with van der Waals surface area (Å²) in [6, 6.07) is 0.467. The molecule has 3 heteroatoms. The van der Waals surface area contributed by atoms with Crippen LogP contribution in [-0.2, 0) is 5.41 Å². The lowest BCUT2D eigenvalue weighted by molar-refractivity contribution is 0.197. The highest BCUT2D eigenvalue weighted by Crippen LogP contribution is 2.35. The van der Waals surface area contributed by atoms with Crippen molar-refractivity contribution in [2.24, 2.45) is 0 Å². The lowest BCUT2D eigenvalue weighted by atomic mass is 9.89. The van der Waals surface area contributed by atoms with Gasteiger partial charge in [-0.3, -0.25) is 0 Å². The van der Waals surface area contributed by atoms with Gasteiger partial charge in [0.1, 0.15) is 0 Å². The van der Waals surface area contributed by atoms with Gasteiger partial charge < -0.3 is 4.74 Å². The molecule has 2 heterocycles. The molecular formula is C13H24N2O. The van der Waals surface area contributed by atoms with Crippen molar-refractivity contribution in [3.05, 3.63) is 11.8 Å². The largest absolute Gasteiger partial charge is 0.478 e. The van der Waals surface area contributed by atoms with Crippen LogP contribution in [0, 0.1) is 0 Å². The van der Waals surface area contributed by atoms with Gasteiger partial charge in [0.15, 0.2) is 0 Å². The third-order valence-corrected chi connectivity index (χ3v) is 2.75.